The number of fused-ring (bicyclic) bond motifs is 7. The molecule has 9 atom stereocenters. The van der Waals surface area contributed by atoms with Crippen LogP contribution < -0.4 is 5.32 Å². The molecule has 6 rings (SSSR count). The fraction of sp³-hybridized carbons (Fsp3) is 0.714. The van der Waals surface area contributed by atoms with E-state index in [0.29, 0.717) is 41.1 Å². The quantitative estimate of drug-likeness (QED) is 0.249. The van der Waals surface area contributed by atoms with Crippen LogP contribution in [0.1, 0.15) is 116 Å². The molecule has 1 amide bonds. The van der Waals surface area contributed by atoms with Crippen LogP contribution in [0.5, 0.6) is 0 Å². The van der Waals surface area contributed by atoms with Crippen LogP contribution >= 0.6 is 0 Å². The van der Waals surface area contributed by atoms with Crippen LogP contribution in [0.4, 0.5) is 0 Å². The Hall–Kier alpha value is -2.40. The number of benzene rings is 1. The molecule has 1 aromatic rings. The molecular weight excluding hydrogens is 580 g/mol. The lowest BCUT2D eigenvalue weighted by atomic mass is 9.33. The maximum atomic E-state index is 14.3. The molecular formula is C42H62N2O3. The average molecular weight is 643 g/mol. The average Bonchev–Trinajstić information content (AvgIpc) is 3.02. The molecule has 5 heteroatoms. The molecule has 3 saturated carbocycles. The van der Waals surface area contributed by atoms with E-state index >= 15 is 0 Å². The molecule has 0 spiro atoms. The zero-order valence-electron chi connectivity index (χ0n) is 31.1. The second-order valence-corrected chi connectivity index (χ2v) is 18.0. The summed E-state index contributed by atoms with van der Waals surface area (Å²) in [6.45, 7) is 19.3. The number of nitrogens with one attached hydrogen (secondary N) is 1. The number of nitrogens with zero attached hydrogens (tertiary/aromatic N) is 1. The number of amides is 1. The molecule has 0 saturated heterocycles. The number of carbonyl (C=O) groups is 2. The molecule has 0 heterocycles. The van der Waals surface area contributed by atoms with Gasteiger partial charge >= 0.3 is 5.97 Å². The molecule has 5 nitrogen and oxygen atoms in total. The number of ether oxygens (including phenoxy) is 1. The van der Waals surface area contributed by atoms with E-state index in [2.05, 4.69) is 97.1 Å². The van der Waals surface area contributed by atoms with Crippen LogP contribution in [0.2, 0.25) is 0 Å². The van der Waals surface area contributed by atoms with Crippen LogP contribution in [0.15, 0.2) is 42.0 Å². The normalized spacial score (nSPS) is 40.5. The first-order valence-corrected chi connectivity index (χ1v) is 18.6. The summed E-state index contributed by atoms with van der Waals surface area (Å²) in [7, 11) is 5.60. The van der Waals surface area contributed by atoms with E-state index in [4.69, 9.17) is 4.74 Å². The van der Waals surface area contributed by atoms with Crippen molar-refractivity contribution in [3.63, 3.8) is 0 Å². The van der Waals surface area contributed by atoms with Crippen LogP contribution in [0.25, 0.3) is 5.57 Å². The number of esters is 1. The standard InChI is InChI=1S/C42H62N2O3/c1-27-17-22-42(37(46)43-25-26-44(8)9)24-23-40(6)32(35(42)28(27)2)15-16-34-39(5)20-18-31(29-11-13-30(14-12-29)36(45)47-10)38(3,4)33(39)19-21-41(34,40)7/h11-15,18,27-28,33-35H,16-17,19-26H2,1-10H3,(H,43,46)/t27-,28+,33+,34-,35+,39+,40-,41-,42+/m1/s1. The van der Waals surface area contributed by atoms with Crippen molar-refractivity contribution < 1.29 is 14.3 Å². The molecule has 0 aliphatic heterocycles. The number of hydrogen-bond donors (Lipinski definition) is 1. The predicted molar refractivity (Wildman–Crippen MR) is 192 cm³/mol. The zero-order valence-corrected chi connectivity index (χ0v) is 31.1. The van der Waals surface area contributed by atoms with E-state index in [1.165, 1.54) is 31.1 Å². The van der Waals surface area contributed by atoms with Gasteiger partial charge in [-0.1, -0.05) is 78.3 Å². The Morgan fingerprint density at radius 2 is 1.62 bits per heavy atom. The van der Waals surface area contributed by atoms with Crippen LogP contribution in [0.3, 0.4) is 0 Å². The fourth-order valence-electron chi connectivity index (χ4n) is 12.5. The summed E-state index contributed by atoms with van der Waals surface area (Å²) in [4.78, 5) is 28.5. The number of rotatable bonds is 6. The van der Waals surface area contributed by atoms with Gasteiger partial charge in [0.05, 0.1) is 18.1 Å². The van der Waals surface area contributed by atoms with E-state index in [0.717, 1.165) is 51.6 Å². The van der Waals surface area contributed by atoms with Gasteiger partial charge in [0.25, 0.3) is 0 Å². The van der Waals surface area contributed by atoms with E-state index in [1.807, 2.05) is 12.1 Å². The minimum atomic E-state index is -0.284. The van der Waals surface area contributed by atoms with Gasteiger partial charge in [0.2, 0.25) is 5.91 Å². The molecule has 258 valence electrons. The van der Waals surface area contributed by atoms with Crippen molar-refractivity contribution in [3.05, 3.63) is 53.1 Å². The van der Waals surface area contributed by atoms with Gasteiger partial charge < -0.3 is 15.0 Å². The molecule has 0 unspecified atom stereocenters. The van der Waals surface area contributed by atoms with Crippen molar-refractivity contribution in [2.45, 2.75) is 99.8 Å². The Bertz CT molecular complexity index is 1460. The lowest BCUT2D eigenvalue weighted by molar-refractivity contribution is -0.169. The Balaban J connectivity index is 1.35. The van der Waals surface area contributed by atoms with E-state index in [9.17, 15) is 9.59 Å². The second kappa shape index (κ2) is 11.9. The summed E-state index contributed by atoms with van der Waals surface area (Å²) in [6.07, 6.45) is 14.2. The van der Waals surface area contributed by atoms with Gasteiger partial charge in [-0.25, -0.2) is 4.79 Å². The maximum absolute atomic E-state index is 14.3. The predicted octanol–water partition coefficient (Wildman–Crippen LogP) is 8.80. The molecule has 0 radical (unpaired) electrons. The van der Waals surface area contributed by atoms with E-state index < -0.39 is 0 Å². The minimum Gasteiger partial charge on any atom is -0.465 e. The lowest BCUT2D eigenvalue weighted by Gasteiger charge is -2.71. The van der Waals surface area contributed by atoms with Crippen LogP contribution in [-0.2, 0) is 9.53 Å². The van der Waals surface area contributed by atoms with Crippen molar-refractivity contribution in [1.29, 1.82) is 0 Å². The molecule has 3 fully saturated rings. The second-order valence-electron chi connectivity index (χ2n) is 18.0. The van der Waals surface area contributed by atoms with Crippen molar-refractivity contribution in [1.82, 2.24) is 10.2 Å². The van der Waals surface area contributed by atoms with Crippen LogP contribution in [0, 0.1) is 56.7 Å². The summed E-state index contributed by atoms with van der Waals surface area (Å²) >= 11 is 0. The number of likely N-dealkylation sites (N-methyl/N-ethyl adjacent to an activating group) is 1. The monoisotopic (exact) mass is 642 g/mol. The van der Waals surface area contributed by atoms with Crippen LogP contribution in [-0.4, -0.2) is 51.1 Å². The summed E-state index contributed by atoms with van der Waals surface area (Å²) in [5.74, 6) is 2.67. The number of methoxy groups -OCH3 is 1. The fourth-order valence-corrected chi connectivity index (χ4v) is 12.5. The van der Waals surface area contributed by atoms with Gasteiger partial charge in [-0.15, -0.1) is 0 Å². The van der Waals surface area contributed by atoms with Crippen molar-refractivity contribution in [2.75, 3.05) is 34.3 Å². The molecule has 5 aliphatic rings. The first-order valence-electron chi connectivity index (χ1n) is 18.6. The maximum Gasteiger partial charge on any atom is 0.337 e. The van der Waals surface area contributed by atoms with Crippen molar-refractivity contribution in [2.24, 2.45) is 56.7 Å². The van der Waals surface area contributed by atoms with Crippen molar-refractivity contribution in [3.8, 4) is 0 Å². The Morgan fingerprint density at radius 1 is 0.915 bits per heavy atom. The number of carbonyl (C=O) groups excluding carboxylic acids is 2. The first kappa shape index (κ1) is 34.5. The highest BCUT2D eigenvalue weighted by Crippen LogP contribution is 2.76. The Morgan fingerprint density at radius 3 is 2.28 bits per heavy atom. The summed E-state index contributed by atoms with van der Waals surface area (Å²) < 4.78 is 4.95. The first-order chi connectivity index (χ1) is 22.1. The summed E-state index contributed by atoms with van der Waals surface area (Å²) in [5.41, 5.74) is 5.13. The highest BCUT2D eigenvalue weighted by Gasteiger charge is 2.69. The lowest BCUT2D eigenvalue weighted by Crippen LogP contribution is -2.65. The molecule has 47 heavy (non-hydrogen) atoms. The third-order valence-corrected chi connectivity index (χ3v) is 15.5. The largest absolute Gasteiger partial charge is 0.465 e. The summed E-state index contributed by atoms with van der Waals surface area (Å²) in [5, 5.41) is 3.43. The third-order valence-electron chi connectivity index (χ3n) is 15.5. The molecule has 1 N–H and O–H groups in total. The molecule has 0 aromatic heterocycles. The van der Waals surface area contributed by atoms with Gasteiger partial charge in [-0.2, -0.15) is 0 Å². The zero-order chi connectivity index (χ0) is 34.2. The molecule has 1 aromatic carbocycles. The van der Waals surface area contributed by atoms with E-state index in [1.54, 1.807) is 5.57 Å². The SMILES string of the molecule is COC(=O)c1ccc(C2=CC[C@]3(C)[C@H]4CC=C5[C@@H]6[C@@H](C)[C@H](C)CC[C@]6(C(=O)NCCN(C)C)CC[C@@]5(C)[C@]4(C)CC[C@H]3C2(C)C)cc1. The van der Waals surface area contributed by atoms with Gasteiger partial charge in [-0.3, -0.25) is 4.79 Å². The van der Waals surface area contributed by atoms with Crippen molar-refractivity contribution >= 4 is 17.4 Å². The van der Waals surface area contributed by atoms with Gasteiger partial charge in [-0.05, 0) is 140 Å². The minimum absolute atomic E-state index is 0.0195. The Labute approximate surface area is 285 Å². The topological polar surface area (TPSA) is 58.6 Å². The third kappa shape index (κ3) is 5.02. The smallest absolute Gasteiger partial charge is 0.337 e. The Kier molecular flexibility index (Phi) is 8.71. The highest BCUT2D eigenvalue weighted by atomic mass is 16.5. The van der Waals surface area contributed by atoms with E-state index in [-0.39, 0.29) is 33.0 Å². The number of allylic oxidation sites excluding steroid dienone is 4. The molecule has 0 bridgehead atoms. The van der Waals surface area contributed by atoms with Gasteiger partial charge in [0, 0.05) is 13.1 Å². The molecule has 5 aliphatic carbocycles. The highest BCUT2D eigenvalue weighted by molar-refractivity contribution is 5.90. The number of hydrogen-bond acceptors (Lipinski definition) is 4. The van der Waals surface area contributed by atoms with Gasteiger partial charge in [0.1, 0.15) is 0 Å². The summed E-state index contributed by atoms with van der Waals surface area (Å²) in [6, 6.07) is 8.06. The van der Waals surface area contributed by atoms with Gasteiger partial charge in [0.15, 0.2) is 0 Å².